The highest BCUT2D eigenvalue weighted by molar-refractivity contribution is 5.98. The Kier molecular flexibility index (Phi) is 12.3. The summed E-state index contributed by atoms with van der Waals surface area (Å²) in [6, 6.07) is 14.2. The second kappa shape index (κ2) is 15.9. The molecule has 3 rings (SSSR count). The molecule has 38 heavy (non-hydrogen) atoms. The number of esters is 1. The number of unbranched alkanes of at least 4 members (excludes halogenated alkanes) is 1. The van der Waals surface area contributed by atoms with Crippen molar-refractivity contribution >= 4 is 17.8 Å². The summed E-state index contributed by atoms with van der Waals surface area (Å²) in [5, 5.41) is 15.4. The molecule has 7 heteroatoms. The second-order valence-corrected chi connectivity index (χ2v) is 10.2. The number of methoxy groups -OCH3 is 1. The van der Waals surface area contributed by atoms with Gasteiger partial charge in [0.25, 0.3) is 5.91 Å². The molecular weight excluding hydrogens is 480 g/mol. The summed E-state index contributed by atoms with van der Waals surface area (Å²) in [6.45, 7) is 0.0743. The van der Waals surface area contributed by atoms with E-state index in [4.69, 9.17) is 4.74 Å². The molecule has 0 aromatic heterocycles. The van der Waals surface area contributed by atoms with Crippen molar-refractivity contribution in [1.82, 2.24) is 10.6 Å². The summed E-state index contributed by atoms with van der Waals surface area (Å²) in [5.41, 5.74) is 3.31. The van der Waals surface area contributed by atoms with Crippen molar-refractivity contribution in [2.75, 3.05) is 20.3 Å². The third kappa shape index (κ3) is 9.60. The molecule has 0 heterocycles. The number of rotatable bonds is 14. The van der Waals surface area contributed by atoms with Crippen LogP contribution in [0.25, 0.3) is 0 Å². The van der Waals surface area contributed by atoms with Gasteiger partial charge in [-0.25, -0.2) is 0 Å². The molecule has 1 aliphatic rings. The van der Waals surface area contributed by atoms with Gasteiger partial charge >= 0.3 is 5.97 Å². The van der Waals surface area contributed by atoms with Crippen LogP contribution >= 0.6 is 0 Å². The molecule has 0 aliphatic heterocycles. The van der Waals surface area contributed by atoms with Gasteiger partial charge in [-0.1, -0.05) is 87.4 Å². The number of benzene rings is 2. The summed E-state index contributed by atoms with van der Waals surface area (Å²) < 4.78 is 4.72. The molecule has 2 aromatic carbocycles. The highest BCUT2D eigenvalue weighted by Crippen LogP contribution is 2.27. The Morgan fingerprint density at radius 1 is 1.00 bits per heavy atom. The maximum absolute atomic E-state index is 13.1. The average molecular weight is 523 g/mol. The highest BCUT2D eigenvalue weighted by atomic mass is 16.5. The maximum Gasteiger partial charge on any atom is 0.305 e. The number of ether oxygens (including phenoxy) is 1. The van der Waals surface area contributed by atoms with Crippen molar-refractivity contribution in [3.63, 3.8) is 0 Å². The number of aliphatic hydroxyl groups is 1. The van der Waals surface area contributed by atoms with E-state index in [0.29, 0.717) is 31.4 Å². The van der Waals surface area contributed by atoms with Crippen molar-refractivity contribution in [1.29, 1.82) is 0 Å². The molecule has 0 radical (unpaired) electrons. The zero-order chi connectivity index (χ0) is 27.2. The van der Waals surface area contributed by atoms with Crippen molar-refractivity contribution in [2.24, 2.45) is 5.92 Å². The first-order chi connectivity index (χ1) is 18.5. The number of carbonyl (C=O) groups excluding carboxylic acids is 3. The fourth-order valence-electron chi connectivity index (χ4n) is 5.16. The number of hydrogen-bond acceptors (Lipinski definition) is 5. The van der Waals surface area contributed by atoms with Gasteiger partial charge in [-0.3, -0.25) is 14.4 Å². The van der Waals surface area contributed by atoms with E-state index in [1.54, 1.807) is 12.1 Å². The summed E-state index contributed by atoms with van der Waals surface area (Å²) in [4.78, 5) is 37.2. The van der Waals surface area contributed by atoms with E-state index >= 15 is 0 Å². The van der Waals surface area contributed by atoms with Gasteiger partial charge in [-0.05, 0) is 47.9 Å². The first-order valence-corrected chi connectivity index (χ1v) is 13.9. The van der Waals surface area contributed by atoms with Crippen LogP contribution in [0.3, 0.4) is 0 Å². The lowest BCUT2D eigenvalue weighted by Gasteiger charge is -2.21. The number of aliphatic hydroxyl groups excluding tert-OH is 1. The lowest BCUT2D eigenvalue weighted by molar-refractivity contribution is -0.140. The van der Waals surface area contributed by atoms with Crippen LogP contribution in [0.4, 0.5) is 0 Å². The zero-order valence-electron chi connectivity index (χ0n) is 22.5. The van der Waals surface area contributed by atoms with Gasteiger partial charge in [0.1, 0.15) is 6.04 Å². The molecule has 206 valence electrons. The van der Waals surface area contributed by atoms with E-state index in [9.17, 15) is 19.5 Å². The van der Waals surface area contributed by atoms with Crippen molar-refractivity contribution in [2.45, 2.75) is 76.7 Å². The molecular formula is C31H42N2O5. The van der Waals surface area contributed by atoms with Gasteiger partial charge in [-0.2, -0.15) is 0 Å². The van der Waals surface area contributed by atoms with E-state index < -0.39 is 18.6 Å². The van der Waals surface area contributed by atoms with Crippen LogP contribution < -0.4 is 10.6 Å². The van der Waals surface area contributed by atoms with Crippen molar-refractivity contribution < 1.29 is 24.2 Å². The van der Waals surface area contributed by atoms with Crippen molar-refractivity contribution in [3.05, 3.63) is 70.8 Å². The number of hydrogen-bond donors (Lipinski definition) is 3. The van der Waals surface area contributed by atoms with E-state index in [2.05, 4.69) is 10.6 Å². The normalized spacial score (nSPS) is 14.5. The number of amides is 2. The Hall–Kier alpha value is -3.19. The van der Waals surface area contributed by atoms with Crippen LogP contribution in [0.5, 0.6) is 0 Å². The molecule has 2 aromatic rings. The molecule has 2 amide bonds. The molecule has 3 N–H and O–H groups in total. The molecule has 1 saturated carbocycles. The van der Waals surface area contributed by atoms with Gasteiger partial charge in [-0.15, -0.1) is 0 Å². The summed E-state index contributed by atoms with van der Waals surface area (Å²) >= 11 is 0. The largest absolute Gasteiger partial charge is 0.469 e. The first kappa shape index (κ1) is 29.4. The predicted octanol–water partition coefficient (Wildman–Crippen LogP) is 4.34. The molecule has 1 aliphatic carbocycles. The quantitative estimate of drug-likeness (QED) is 0.253. The zero-order valence-corrected chi connectivity index (χ0v) is 22.5. The smallest absolute Gasteiger partial charge is 0.305 e. The molecule has 0 bridgehead atoms. The maximum atomic E-state index is 13.1. The molecule has 1 unspecified atom stereocenters. The molecule has 0 spiro atoms. The number of aryl methyl sites for hydroxylation is 1. The highest BCUT2D eigenvalue weighted by Gasteiger charge is 2.22. The van der Waals surface area contributed by atoms with Gasteiger partial charge in [0.15, 0.2) is 0 Å². The fraction of sp³-hybridized carbons (Fsp3) is 0.516. The van der Waals surface area contributed by atoms with Crippen LogP contribution in [0, 0.1) is 5.92 Å². The number of carbonyl (C=O) groups is 3. The Bertz CT molecular complexity index is 1050. The minimum Gasteiger partial charge on any atom is -0.469 e. The van der Waals surface area contributed by atoms with Crippen LogP contribution in [0.15, 0.2) is 48.5 Å². The summed E-state index contributed by atoms with van der Waals surface area (Å²) in [5.74, 6) is -0.186. The summed E-state index contributed by atoms with van der Waals surface area (Å²) in [7, 11) is 1.38. The number of nitrogens with one attached hydrogen (secondary N) is 2. The first-order valence-electron chi connectivity index (χ1n) is 13.9. The van der Waals surface area contributed by atoms with Gasteiger partial charge in [0.05, 0.1) is 13.7 Å². The van der Waals surface area contributed by atoms with Crippen molar-refractivity contribution in [3.8, 4) is 0 Å². The Balaban J connectivity index is 1.51. The molecule has 1 atom stereocenters. The summed E-state index contributed by atoms with van der Waals surface area (Å²) in [6.07, 6.45) is 11.3. The van der Waals surface area contributed by atoms with E-state index in [0.717, 1.165) is 35.4 Å². The van der Waals surface area contributed by atoms with E-state index in [-0.39, 0.29) is 11.9 Å². The van der Waals surface area contributed by atoms with Gasteiger partial charge in [0, 0.05) is 18.5 Å². The van der Waals surface area contributed by atoms with Gasteiger partial charge < -0.3 is 20.5 Å². The van der Waals surface area contributed by atoms with Crippen LogP contribution in [0.1, 0.15) is 84.8 Å². The Morgan fingerprint density at radius 2 is 1.76 bits per heavy atom. The fourth-order valence-corrected chi connectivity index (χ4v) is 5.16. The lowest BCUT2D eigenvalue weighted by atomic mass is 9.86. The van der Waals surface area contributed by atoms with Crippen LogP contribution in [0.2, 0.25) is 0 Å². The topological polar surface area (TPSA) is 105 Å². The standard InChI is InChI=1S/C31H42N2O5/c1-38-29(35)18-17-24-13-9-14-25(20-24)21-26-15-5-6-16-27(26)30(36)33-28(22-34)31(37)32-19-8-7-12-23-10-3-2-4-11-23/h5-6,9,13-16,20,23,28,34H,2-4,7-8,10-12,17-19,21-22H2,1H3,(H,32,37)(H,33,36). The van der Waals surface area contributed by atoms with E-state index in [1.165, 1.54) is 45.6 Å². The monoisotopic (exact) mass is 522 g/mol. The van der Waals surface area contributed by atoms with Crippen LogP contribution in [-0.4, -0.2) is 49.2 Å². The second-order valence-electron chi connectivity index (χ2n) is 10.2. The van der Waals surface area contributed by atoms with Crippen LogP contribution in [-0.2, 0) is 27.2 Å². The predicted molar refractivity (Wildman–Crippen MR) is 148 cm³/mol. The Morgan fingerprint density at radius 3 is 2.53 bits per heavy atom. The lowest BCUT2D eigenvalue weighted by Crippen LogP contribution is -2.49. The minimum absolute atomic E-state index is 0.251. The Labute approximate surface area is 226 Å². The molecule has 0 saturated heterocycles. The molecule has 1 fully saturated rings. The third-order valence-electron chi connectivity index (χ3n) is 7.36. The van der Waals surface area contributed by atoms with Gasteiger partial charge in [0.2, 0.25) is 5.91 Å². The third-order valence-corrected chi connectivity index (χ3v) is 7.36. The molecule has 7 nitrogen and oxygen atoms in total. The van der Waals surface area contributed by atoms with E-state index in [1.807, 2.05) is 36.4 Å². The SMILES string of the molecule is COC(=O)CCc1cccc(Cc2ccccc2C(=O)NC(CO)C(=O)NCCCCC2CCCCC2)c1. The average Bonchev–Trinajstić information content (AvgIpc) is 2.95. The minimum atomic E-state index is -1.00.